The number of rotatable bonds is 4. The molecule has 3 aliphatic rings. The van der Waals surface area contributed by atoms with E-state index in [1.165, 1.54) is 0 Å². The maximum Gasteiger partial charge on any atom is 0.418 e. The van der Waals surface area contributed by atoms with Crippen LogP contribution in [0, 0.1) is 22.6 Å². The number of pyridine rings is 1. The van der Waals surface area contributed by atoms with Crippen molar-refractivity contribution in [2.75, 3.05) is 50.5 Å². The number of aromatic nitrogens is 3. The molecule has 1 unspecified atom stereocenters. The van der Waals surface area contributed by atoms with Crippen LogP contribution < -0.4 is 20.1 Å². The lowest BCUT2D eigenvalue weighted by molar-refractivity contribution is -0.137. The summed E-state index contributed by atoms with van der Waals surface area (Å²) in [5.74, 6) is -1.37. The van der Waals surface area contributed by atoms with Crippen molar-refractivity contribution in [3.8, 4) is 29.2 Å². The number of nitrogen functional groups attached to an aromatic ring is 1. The summed E-state index contributed by atoms with van der Waals surface area (Å²) in [7, 11) is 1.63. The van der Waals surface area contributed by atoms with Crippen LogP contribution in [0.25, 0.3) is 22.2 Å². The maximum atomic E-state index is 16.4. The number of nitriles is 1. The van der Waals surface area contributed by atoms with Gasteiger partial charge < -0.3 is 20.1 Å². The fourth-order valence-electron chi connectivity index (χ4n) is 6.42. The Morgan fingerprint density at radius 1 is 1.28 bits per heavy atom. The summed E-state index contributed by atoms with van der Waals surface area (Å²) in [6.07, 6.45) is -4.16. The standard InChI is InChI=1S/C28H27ClF5N7O2/c1-26(10-35)11-40(2)23-18-22(38-25(39-23)43-13-27-4-3-5-41(27)9-14(30)8-27)20(31)21(37-24(18)42-12-26)16-6-15(36)7-17(29)19(16)28(32,33)34/h6-7,14H,3-5,8-9,11-13,36H2,1-2H3/t14-,26?,27+/m1/s1. The van der Waals surface area contributed by atoms with Gasteiger partial charge in [0.1, 0.15) is 47.2 Å². The molecule has 5 heterocycles. The van der Waals surface area contributed by atoms with Crippen molar-refractivity contribution in [3.63, 3.8) is 0 Å². The number of halogens is 6. The van der Waals surface area contributed by atoms with Gasteiger partial charge in [0.05, 0.1) is 22.2 Å². The van der Waals surface area contributed by atoms with E-state index < -0.39 is 56.5 Å². The van der Waals surface area contributed by atoms with Crippen molar-refractivity contribution in [2.24, 2.45) is 5.41 Å². The Balaban J connectivity index is 1.56. The molecule has 0 radical (unpaired) electrons. The van der Waals surface area contributed by atoms with E-state index in [9.17, 15) is 22.8 Å². The summed E-state index contributed by atoms with van der Waals surface area (Å²) in [6, 6.07) is 3.76. The molecule has 2 N–H and O–H groups in total. The normalized spacial score (nSPS) is 25.7. The minimum absolute atomic E-state index is 0.00927. The lowest BCUT2D eigenvalue weighted by Crippen LogP contribution is -2.43. The van der Waals surface area contributed by atoms with Crippen molar-refractivity contribution in [1.82, 2.24) is 19.9 Å². The van der Waals surface area contributed by atoms with Gasteiger partial charge in [-0.2, -0.15) is 28.4 Å². The van der Waals surface area contributed by atoms with E-state index >= 15 is 4.39 Å². The molecule has 2 saturated heterocycles. The van der Waals surface area contributed by atoms with Crippen LogP contribution in [0.3, 0.4) is 0 Å². The van der Waals surface area contributed by atoms with Gasteiger partial charge in [-0.05, 0) is 38.4 Å². The van der Waals surface area contributed by atoms with Crippen LogP contribution in [0.15, 0.2) is 12.1 Å². The molecule has 0 spiro atoms. The monoisotopic (exact) mass is 623 g/mol. The molecule has 0 aliphatic carbocycles. The second-order valence-corrected chi connectivity index (χ2v) is 12.1. The first kappa shape index (κ1) is 29.4. The molecule has 3 atom stereocenters. The van der Waals surface area contributed by atoms with Gasteiger partial charge in [-0.1, -0.05) is 11.6 Å². The van der Waals surface area contributed by atoms with E-state index in [1.807, 2.05) is 4.90 Å². The number of anilines is 2. The average molecular weight is 624 g/mol. The quantitative estimate of drug-likeness (QED) is 0.301. The number of hydrogen-bond acceptors (Lipinski definition) is 9. The molecule has 0 saturated carbocycles. The Bertz CT molecular complexity index is 1670. The Hall–Kier alpha value is -3.70. The van der Waals surface area contributed by atoms with E-state index in [4.69, 9.17) is 26.8 Å². The first-order valence-corrected chi connectivity index (χ1v) is 14.0. The third-order valence-corrected chi connectivity index (χ3v) is 8.64. The maximum absolute atomic E-state index is 16.4. The van der Waals surface area contributed by atoms with Crippen molar-refractivity contribution in [3.05, 3.63) is 28.5 Å². The number of nitrogens with zero attached hydrogens (tertiary/aromatic N) is 6. The molecule has 0 bridgehead atoms. The lowest BCUT2D eigenvalue weighted by Gasteiger charge is -2.33. The number of alkyl halides is 4. The highest BCUT2D eigenvalue weighted by molar-refractivity contribution is 6.32. The van der Waals surface area contributed by atoms with Crippen LogP contribution >= 0.6 is 11.6 Å². The molecule has 15 heteroatoms. The minimum atomic E-state index is -4.98. The van der Waals surface area contributed by atoms with Gasteiger partial charge in [0.15, 0.2) is 5.82 Å². The highest BCUT2D eigenvalue weighted by atomic mass is 35.5. The van der Waals surface area contributed by atoms with Crippen LogP contribution in [0.1, 0.15) is 31.7 Å². The van der Waals surface area contributed by atoms with Crippen molar-refractivity contribution >= 4 is 34.0 Å². The van der Waals surface area contributed by atoms with Gasteiger partial charge in [-0.3, -0.25) is 4.90 Å². The Morgan fingerprint density at radius 2 is 2.05 bits per heavy atom. The van der Waals surface area contributed by atoms with Crippen molar-refractivity contribution in [2.45, 2.75) is 44.1 Å². The zero-order valence-electron chi connectivity index (χ0n) is 23.2. The Morgan fingerprint density at radius 3 is 2.77 bits per heavy atom. The minimum Gasteiger partial charge on any atom is -0.475 e. The van der Waals surface area contributed by atoms with E-state index in [1.54, 1.807) is 18.9 Å². The Labute approximate surface area is 248 Å². The van der Waals surface area contributed by atoms with E-state index in [0.717, 1.165) is 25.1 Å². The third-order valence-electron chi connectivity index (χ3n) is 8.34. The predicted molar refractivity (Wildman–Crippen MR) is 148 cm³/mol. The smallest absolute Gasteiger partial charge is 0.418 e. The number of nitrogens with two attached hydrogens (primary N) is 1. The largest absolute Gasteiger partial charge is 0.475 e. The Kier molecular flexibility index (Phi) is 6.96. The van der Waals surface area contributed by atoms with Crippen molar-refractivity contribution < 1.29 is 31.4 Å². The molecule has 43 heavy (non-hydrogen) atoms. The summed E-state index contributed by atoms with van der Waals surface area (Å²) in [5, 5.41) is 9.13. The first-order valence-electron chi connectivity index (χ1n) is 13.6. The summed E-state index contributed by atoms with van der Waals surface area (Å²) in [6.45, 7) is 2.59. The number of fused-ring (bicyclic) bond motifs is 1. The molecule has 9 nitrogen and oxygen atoms in total. The fraction of sp³-hybridized carbons (Fsp3) is 0.500. The fourth-order valence-corrected chi connectivity index (χ4v) is 6.75. The average Bonchev–Trinajstić information content (AvgIpc) is 3.45. The van der Waals surface area contributed by atoms with Gasteiger partial charge in [-0.25, -0.2) is 13.8 Å². The van der Waals surface area contributed by atoms with Crippen LogP contribution in [0.5, 0.6) is 11.9 Å². The van der Waals surface area contributed by atoms with Gasteiger partial charge in [0.2, 0.25) is 5.88 Å². The van der Waals surface area contributed by atoms with E-state index in [-0.39, 0.29) is 61.5 Å². The number of hydrogen-bond donors (Lipinski definition) is 1. The second kappa shape index (κ2) is 10.2. The van der Waals surface area contributed by atoms with Crippen LogP contribution in [0.2, 0.25) is 5.02 Å². The zero-order chi connectivity index (χ0) is 30.9. The zero-order valence-corrected chi connectivity index (χ0v) is 24.0. The number of benzene rings is 1. The SMILES string of the molecule is CN1CC(C)(C#N)COc2nc(-c3cc(N)cc(Cl)c3C(F)(F)F)c(F)c3nc(OC[C@@]45CCCN4C[C@H](F)C5)nc1c23. The van der Waals surface area contributed by atoms with Crippen molar-refractivity contribution in [1.29, 1.82) is 5.26 Å². The molecule has 6 rings (SSSR count). The van der Waals surface area contributed by atoms with Crippen LogP contribution in [0.4, 0.5) is 33.5 Å². The van der Waals surface area contributed by atoms with E-state index in [2.05, 4.69) is 21.0 Å². The van der Waals surface area contributed by atoms with Gasteiger partial charge in [0, 0.05) is 37.8 Å². The highest BCUT2D eigenvalue weighted by Gasteiger charge is 2.49. The molecule has 2 fully saturated rings. The third kappa shape index (κ3) is 5.02. The molecule has 2 aromatic heterocycles. The number of ether oxygens (including phenoxy) is 2. The summed E-state index contributed by atoms with van der Waals surface area (Å²) >= 11 is 5.95. The lowest BCUT2D eigenvalue weighted by atomic mass is 9.92. The summed E-state index contributed by atoms with van der Waals surface area (Å²) < 4.78 is 85.1. The van der Waals surface area contributed by atoms with E-state index in [0.29, 0.717) is 6.42 Å². The summed E-state index contributed by atoms with van der Waals surface area (Å²) in [4.78, 5) is 16.6. The molecule has 228 valence electrons. The summed E-state index contributed by atoms with van der Waals surface area (Å²) in [5.41, 5.74) is 0.806. The first-order chi connectivity index (χ1) is 20.2. The molecular formula is C28H27ClF5N7O2. The molecule has 3 aliphatic heterocycles. The second-order valence-electron chi connectivity index (χ2n) is 11.7. The van der Waals surface area contributed by atoms with Crippen LogP contribution in [-0.4, -0.2) is 71.5 Å². The molecule has 3 aromatic rings. The van der Waals surface area contributed by atoms with Gasteiger partial charge in [-0.15, -0.1) is 0 Å². The molecular weight excluding hydrogens is 597 g/mol. The van der Waals surface area contributed by atoms with Gasteiger partial charge in [0.25, 0.3) is 0 Å². The predicted octanol–water partition coefficient (Wildman–Crippen LogP) is 5.40. The molecule has 0 amide bonds. The topological polar surface area (TPSA) is 113 Å². The van der Waals surface area contributed by atoms with Gasteiger partial charge >= 0.3 is 12.2 Å². The molecule has 1 aromatic carbocycles. The highest BCUT2D eigenvalue weighted by Crippen LogP contribution is 2.46. The van der Waals surface area contributed by atoms with Crippen LogP contribution in [-0.2, 0) is 6.18 Å².